The number of hydrogen-bond acceptors (Lipinski definition) is 1. The van der Waals surface area contributed by atoms with Crippen LogP contribution in [0, 0.1) is 16.7 Å². The number of allylic oxidation sites excluding steroid dienone is 1. The van der Waals surface area contributed by atoms with Gasteiger partial charge >= 0.3 is 0 Å². The van der Waals surface area contributed by atoms with E-state index < -0.39 is 0 Å². The Morgan fingerprint density at radius 2 is 1.75 bits per heavy atom. The molecule has 86 valence electrons. The fraction of sp³-hybridized carbons (Fsp3) is 0.867. The topological polar surface area (TPSA) is 9.23 Å². The summed E-state index contributed by atoms with van der Waals surface area (Å²) in [7, 11) is 0. The molecular weight excluding hydrogens is 196 g/mol. The average molecular weight is 216 g/mol. The van der Waals surface area contributed by atoms with Crippen molar-refractivity contribution < 1.29 is 4.74 Å². The third-order valence-electron chi connectivity index (χ3n) is 6.57. The number of rotatable bonds is 1. The molecule has 1 nitrogen and oxygen atoms in total. The van der Waals surface area contributed by atoms with Gasteiger partial charge in [-0.15, -0.1) is 0 Å². The quantitative estimate of drug-likeness (QED) is 0.610. The molecule has 5 rings (SSSR count). The van der Waals surface area contributed by atoms with E-state index in [1.165, 1.54) is 44.9 Å². The van der Waals surface area contributed by atoms with Crippen molar-refractivity contribution in [1.29, 1.82) is 0 Å². The maximum absolute atomic E-state index is 6.42. The summed E-state index contributed by atoms with van der Waals surface area (Å²) in [6.45, 7) is 6.66. The van der Waals surface area contributed by atoms with Crippen LogP contribution in [0.2, 0.25) is 0 Å². The van der Waals surface area contributed by atoms with Crippen LogP contribution in [0.1, 0.15) is 51.9 Å². The Labute approximate surface area is 97.2 Å². The molecular formula is C15H20O. The minimum atomic E-state index is 0.352. The molecule has 1 heterocycles. The van der Waals surface area contributed by atoms with Crippen LogP contribution < -0.4 is 0 Å². The van der Waals surface area contributed by atoms with Gasteiger partial charge in [0.15, 0.2) is 0 Å². The highest BCUT2D eigenvalue weighted by atomic mass is 16.5. The van der Waals surface area contributed by atoms with E-state index in [9.17, 15) is 0 Å². The number of ether oxygens (including phenoxy) is 1. The molecule has 0 aromatic heterocycles. The fourth-order valence-corrected chi connectivity index (χ4v) is 5.57. The molecule has 0 bridgehead atoms. The van der Waals surface area contributed by atoms with Crippen LogP contribution in [-0.2, 0) is 4.74 Å². The summed E-state index contributed by atoms with van der Waals surface area (Å²) < 4.78 is 6.42. The van der Waals surface area contributed by atoms with Crippen LogP contribution in [0.25, 0.3) is 0 Å². The monoisotopic (exact) mass is 216 g/mol. The Bertz CT molecular complexity index is 407. The molecule has 1 aliphatic heterocycles. The summed E-state index contributed by atoms with van der Waals surface area (Å²) in [6.07, 6.45) is 9.46. The van der Waals surface area contributed by atoms with Crippen molar-refractivity contribution >= 4 is 0 Å². The first kappa shape index (κ1) is 8.74. The van der Waals surface area contributed by atoms with Crippen molar-refractivity contribution in [3.05, 3.63) is 12.2 Å². The normalized spacial score (nSPS) is 56.6. The van der Waals surface area contributed by atoms with Gasteiger partial charge in [-0.2, -0.15) is 0 Å². The highest BCUT2D eigenvalue weighted by Crippen LogP contribution is 2.97. The van der Waals surface area contributed by atoms with Crippen LogP contribution in [0.4, 0.5) is 0 Å². The summed E-state index contributed by atoms with van der Waals surface area (Å²) in [5.74, 6) is 0.906. The maximum Gasteiger partial charge on any atom is 0.0698 e. The van der Waals surface area contributed by atoms with Gasteiger partial charge in [-0.05, 0) is 56.3 Å². The molecule has 1 unspecified atom stereocenters. The Morgan fingerprint density at radius 1 is 1.19 bits per heavy atom. The minimum Gasteiger partial charge on any atom is -0.369 e. The molecule has 2 atom stereocenters. The summed E-state index contributed by atoms with van der Waals surface area (Å²) in [4.78, 5) is 0. The predicted molar refractivity (Wildman–Crippen MR) is 62.0 cm³/mol. The molecule has 1 saturated heterocycles. The first-order valence-corrected chi connectivity index (χ1v) is 7.02. The van der Waals surface area contributed by atoms with Crippen molar-refractivity contribution in [1.82, 2.24) is 0 Å². The largest absolute Gasteiger partial charge is 0.369 e. The van der Waals surface area contributed by atoms with Crippen molar-refractivity contribution in [2.24, 2.45) is 16.7 Å². The molecule has 0 N–H and O–H groups in total. The van der Waals surface area contributed by atoms with Crippen LogP contribution in [0.3, 0.4) is 0 Å². The van der Waals surface area contributed by atoms with Gasteiger partial charge in [0.25, 0.3) is 0 Å². The second-order valence-electron chi connectivity index (χ2n) is 7.26. The van der Waals surface area contributed by atoms with E-state index in [1.807, 2.05) is 0 Å². The van der Waals surface area contributed by atoms with E-state index >= 15 is 0 Å². The molecule has 4 aliphatic carbocycles. The van der Waals surface area contributed by atoms with Crippen molar-refractivity contribution in [3.63, 3.8) is 0 Å². The standard InChI is InChI=1S/C15H20O/c1-3-15-10(2)11(15)14(15)8-12(4-5-12)16-13(9-14)6-7-13/h11H,2-9H2,1H3/t11?,15-/m0/s1. The molecule has 0 amide bonds. The summed E-state index contributed by atoms with van der Waals surface area (Å²) in [5, 5.41) is 0. The van der Waals surface area contributed by atoms with Crippen molar-refractivity contribution in [3.8, 4) is 0 Å². The lowest BCUT2D eigenvalue weighted by molar-refractivity contribution is -0.124. The van der Waals surface area contributed by atoms with Gasteiger partial charge in [-0.3, -0.25) is 0 Å². The average Bonchev–Trinajstić information content (AvgIpc) is 3.11. The lowest BCUT2D eigenvalue weighted by Gasteiger charge is -2.42. The fourth-order valence-electron chi connectivity index (χ4n) is 5.57. The Hall–Kier alpha value is -0.300. The maximum atomic E-state index is 6.42. The smallest absolute Gasteiger partial charge is 0.0698 e. The molecule has 0 radical (unpaired) electrons. The van der Waals surface area contributed by atoms with Gasteiger partial charge in [-0.1, -0.05) is 19.1 Å². The third-order valence-corrected chi connectivity index (χ3v) is 6.57. The lowest BCUT2D eigenvalue weighted by Crippen LogP contribution is -2.41. The highest BCUT2D eigenvalue weighted by molar-refractivity contribution is 5.59. The first-order valence-electron chi connectivity index (χ1n) is 7.02. The molecule has 5 fully saturated rings. The minimum absolute atomic E-state index is 0.352. The zero-order valence-corrected chi connectivity index (χ0v) is 10.1. The van der Waals surface area contributed by atoms with E-state index in [0.29, 0.717) is 22.0 Å². The Balaban J connectivity index is 1.55. The lowest BCUT2D eigenvalue weighted by atomic mass is 9.72. The van der Waals surface area contributed by atoms with Gasteiger partial charge in [0.05, 0.1) is 11.2 Å². The Morgan fingerprint density at radius 3 is 2.06 bits per heavy atom. The second-order valence-corrected chi connectivity index (χ2v) is 7.26. The zero-order chi connectivity index (χ0) is 10.8. The first-order chi connectivity index (χ1) is 7.62. The molecule has 0 aromatic rings. The number of fused-ring (bicyclic) bond motifs is 3. The molecule has 3 spiro atoms. The second kappa shape index (κ2) is 1.94. The molecule has 1 heteroatoms. The van der Waals surface area contributed by atoms with E-state index in [1.54, 1.807) is 5.57 Å². The van der Waals surface area contributed by atoms with E-state index in [-0.39, 0.29) is 0 Å². The van der Waals surface area contributed by atoms with Crippen LogP contribution in [-0.4, -0.2) is 11.2 Å². The molecule has 16 heavy (non-hydrogen) atoms. The van der Waals surface area contributed by atoms with Crippen molar-refractivity contribution in [2.45, 2.75) is 63.1 Å². The van der Waals surface area contributed by atoms with E-state index in [2.05, 4.69) is 13.5 Å². The molecule has 0 aromatic carbocycles. The van der Waals surface area contributed by atoms with E-state index in [4.69, 9.17) is 4.74 Å². The molecule has 4 saturated carbocycles. The summed E-state index contributed by atoms with van der Waals surface area (Å²) in [5.41, 5.74) is 3.56. The molecule has 5 aliphatic rings. The van der Waals surface area contributed by atoms with Gasteiger partial charge in [0, 0.05) is 5.41 Å². The van der Waals surface area contributed by atoms with Crippen LogP contribution in [0.5, 0.6) is 0 Å². The van der Waals surface area contributed by atoms with E-state index in [0.717, 1.165) is 5.92 Å². The zero-order valence-electron chi connectivity index (χ0n) is 10.1. The summed E-state index contributed by atoms with van der Waals surface area (Å²) >= 11 is 0. The van der Waals surface area contributed by atoms with Crippen LogP contribution >= 0.6 is 0 Å². The van der Waals surface area contributed by atoms with Gasteiger partial charge in [0.1, 0.15) is 0 Å². The summed E-state index contributed by atoms with van der Waals surface area (Å²) in [6, 6.07) is 0. The van der Waals surface area contributed by atoms with Gasteiger partial charge < -0.3 is 4.74 Å². The van der Waals surface area contributed by atoms with Crippen molar-refractivity contribution in [2.75, 3.05) is 0 Å². The van der Waals surface area contributed by atoms with Gasteiger partial charge in [0.2, 0.25) is 0 Å². The Kier molecular flexibility index (Phi) is 1.06. The number of hydrogen-bond donors (Lipinski definition) is 0. The van der Waals surface area contributed by atoms with Crippen LogP contribution in [0.15, 0.2) is 12.2 Å². The third kappa shape index (κ3) is 0.664. The van der Waals surface area contributed by atoms with Gasteiger partial charge in [-0.25, -0.2) is 0 Å². The predicted octanol–water partition coefficient (Wildman–Crippen LogP) is 3.44. The highest BCUT2D eigenvalue weighted by Gasteiger charge is 2.93. The SMILES string of the molecule is C=C1C2C3(CC4(CC4)OC4(CC4)C3)[C@@]12CC.